The van der Waals surface area contributed by atoms with Crippen LogP contribution >= 0.6 is 23.8 Å². The molecule has 0 aliphatic rings. The first kappa shape index (κ1) is 17.1. The van der Waals surface area contributed by atoms with Gasteiger partial charge in [-0.2, -0.15) is 5.10 Å². The monoisotopic (exact) mass is 349 g/mol. The number of phenols is 1. The Kier molecular flexibility index (Phi) is 6.19. The standard InChI is InChI=1S/C16H16ClN3O2S/c1-2-22-15-8-11(6-7-14(15)21)10-18-20-16(23)19-13-5-3-4-12(17)9-13/h3-10,21H,2H2,1H3,(H2,19,20,23). The highest BCUT2D eigenvalue weighted by molar-refractivity contribution is 7.80. The van der Waals surface area contributed by atoms with Crippen molar-refractivity contribution in [2.24, 2.45) is 5.10 Å². The van der Waals surface area contributed by atoms with Crippen LogP contribution in [0, 0.1) is 0 Å². The van der Waals surface area contributed by atoms with E-state index >= 15 is 0 Å². The molecular formula is C16H16ClN3O2S. The van der Waals surface area contributed by atoms with Crippen molar-refractivity contribution in [3.8, 4) is 11.5 Å². The van der Waals surface area contributed by atoms with Crippen LogP contribution in [0.4, 0.5) is 5.69 Å². The normalized spacial score (nSPS) is 10.5. The molecule has 0 saturated heterocycles. The maximum Gasteiger partial charge on any atom is 0.191 e. The topological polar surface area (TPSA) is 65.9 Å². The molecule has 0 fully saturated rings. The number of nitrogens with one attached hydrogen (secondary N) is 2. The smallest absolute Gasteiger partial charge is 0.191 e. The largest absolute Gasteiger partial charge is 0.504 e. The molecule has 0 radical (unpaired) electrons. The van der Waals surface area contributed by atoms with Crippen molar-refractivity contribution in [3.05, 3.63) is 53.1 Å². The zero-order valence-electron chi connectivity index (χ0n) is 12.4. The van der Waals surface area contributed by atoms with Gasteiger partial charge in [-0.1, -0.05) is 17.7 Å². The molecule has 0 atom stereocenters. The van der Waals surface area contributed by atoms with Crippen molar-refractivity contribution in [2.45, 2.75) is 6.92 Å². The van der Waals surface area contributed by atoms with Crippen molar-refractivity contribution in [3.63, 3.8) is 0 Å². The summed E-state index contributed by atoms with van der Waals surface area (Å²) in [6, 6.07) is 12.2. The predicted molar refractivity (Wildman–Crippen MR) is 97.7 cm³/mol. The highest BCUT2D eigenvalue weighted by atomic mass is 35.5. The van der Waals surface area contributed by atoms with Crippen molar-refractivity contribution < 1.29 is 9.84 Å². The Balaban J connectivity index is 1.93. The molecule has 2 aromatic rings. The van der Waals surface area contributed by atoms with Gasteiger partial charge in [-0.3, -0.25) is 5.43 Å². The van der Waals surface area contributed by atoms with Crippen LogP contribution in [0.3, 0.4) is 0 Å². The van der Waals surface area contributed by atoms with Crippen LogP contribution in [0.25, 0.3) is 0 Å². The number of nitrogens with zero attached hydrogens (tertiary/aromatic N) is 1. The summed E-state index contributed by atoms with van der Waals surface area (Å²) in [5.74, 6) is 0.506. The fraction of sp³-hybridized carbons (Fsp3) is 0.125. The molecule has 23 heavy (non-hydrogen) atoms. The number of halogens is 1. The van der Waals surface area contributed by atoms with Crippen LogP contribution in [-0.4, -0.2) is 23.0 Å². The van der Waals surface area contributed by atoms with E-state index < -0.39 is 0 Å². The first-order valence-corrected chi connectivity index (χ1v) is 7.68. The minimum absolute atomic E-state index is 0.0927. The lowest BCUT2D eigenvalue weighted by Gasteiger charge is -2.07. The van der Waals surface area contributed by atoms with Crippen LogP contribution in [0.15, 0.2) is 47.6 Å². The number of aromatic hydroxyl groups is 1. The molecule has 0 saturated carbocycles. The minimum Gasteiger partial charge on any atom is -0.504 e. The zero-order valence-corrected chi connectivity index (χ0v) is 14.0. The number of benzene rings is 2. The summed E-state index contributed by atoms with van der Waals surface area (Å²) in [6.45, 7) is 2.32. The molecule has 0 aliphatic heterocycles. The van der Waals surface area contributed by atoms with Gasteiger partial charge >= 0.3 is 0 Å². The van der Waals surface area contributed by atoms with E-state index in [-0.39, 0.29) is 5.75 Å². The van der Waals surface area contributed by atoms with Gasteiger partial charge in [0.15, 0.2) is 16.6 Å². The van der Waals surface area contributed by atoms with E-state index in [0.29, 0.717) is 22.5 Å². The second-order valence-electron chi connectivity index (χ2n) is 4.49. The minimum atomic E-state index is 0.0927. The summed E-state index contributed by atoms with van der Waals surface area (Å²) in [5.41, 5.74) is 4.25. The summed E-state index contributed by atoms with van der Waals surface area (Å²) < 4.78 is 5.31. The fourth-order valence-electron chi connectivity index (χ4n) is 1.77. The average molecular weight is 350 g/mol. The summed E-state index contributed by atoms with van der Waals surface area (Å²) in [5, 5.41) is 17.6. The van der Waals surface area contributed by atoms with Crippen molar-refractivity contribution in [1.29, 1.82) is 0 Å². The second kappa shape index (κ2) is 8.36. The van der Waals surface area contributed by atoms with Gasteiger partial charge in [-0.15, -0.1) is 0 Å². The van der Waals surface area contributed by atoms with E-state index in [1.54, 1.807) is 36.5 Å². The molecule has 3 N–H and O–H groups in total. The van der Waals surface area contributed by atoms with Gasteiger partial charge in [0.05, 0.1) is 12.8 Å². The summed E-state index contributed by atoms with van der Waals surface area (Å²) in [4.78, 5) is 0. The first-order valence-electron chi connectivity index (χ1n) is 6.90. The maximum atomic E-state index is 9.64. The third-order valence-electron chi connectivity index (χ3n) is 2.75. The molecule has 0 bridgehead atoms. The van der Waals surface area contributed by atoms with Crippen molar-refractivity contribution in [1.82, 2.24) is 5.43 Å². The van der Waals surface area contributed by atoms with E-state index in [4.69, 9.17) is 28.6 Å². The van der Waals surface area contributed by atoms with E-state index in [2.05, 4.69) is 15.8 Å². The molecule has 120 valence electrons. The fourth-order valence-corrected chi connectivity index (χ4v) is 2.13. The highest BCUT2D eigenvalue weighted by Gasteiger charge is 2.02. The molecule has 2 rings (SSSR count). The third-order valence-corrected chi connectivity index (χ3v) is 3.17. The van der Waals surface area contributed by atoms with Gasteiger partial charge in [0.2, 0.25) is 0 Å². The summed E-state index contributed by atoms with van der Waals surface area (Å²) in [6.07, 6.45) is 1.58. The lowest BCUT2D eigenvalue weighted by Crippen LogP contribution is -2.23. The quantitative estimate of drug-likeness (QED) is 0.435. The number of hydrogen-bond donors (Lipinski definition) is 3. The van der Waals surface area contributed by atoms with E-state index in [9.17, 15) is 5.11 Å². The molecule has 0 amide bonds. The van der Waals surface area contributed by atoms with Crippen LogP contribution in [0.5, 0.6) is 11.5 Å². The van der Waals surface area contributed by atoms with Gasteiger partial charge in [0.1, 0.15) is 0 Å². The SMILES string of the molecule is CCOc1cc(C=NNC(=S)Nc2cccc(Cl)c2)ccc1O. The number of phenolic OH excluding ortho intramolecular Hbond substituents is 1. The molecule has 0 aromatic heterocycles. The highest BCUT2D eigenvalue weighted by Crippen LogP contribution is 2.26. The molecule has 0 aliphatic carbocycles. The number of hydrazone groups is 1. The molecule has 2 aromatic carbocycles. The molecule has 5 nitrogen and oxygen atoms in total. The maximum absolute atomic E-state index is 9.64. The zero-order chi connectivity index (χ0) is 16.7. The Hall–Kier alpha value is -2.31. The van der Waals surface area contributed by atoms with Crippen LogP contribution in [0.2, 0.25) is 5.02 Å². The van der Waals surface area contributed by atoms with Gasteiger partial charge in [-0.05, 0) is 61.1 Å². The van der Waals surface area contributed by atoms with Gasteiger partial charge in [0, 0.05) is 10.7 Å². The van der Waals surface area contributed by atoms with Crippen molar-refractivity contribution >= 4 is 40.8 Å². The Bertz CT molecular complexity index is 722. The Morgan fingerprint density at radius 2 is 2.17 bits per heavy atom. The predicted octanol–water partition coefficient (Wildman–Crippen LogP) is 3.76. The number of anilines is 1. The van der Waals surface area contributed by atoms with Gasteiger partial charge in [-0.25, -0.2) is 0 Å². The van der Waals surface area contributed by atoms with Crippen molar-refractivity contribution in [2.75, 3.05) is 11.9 Å². The molecular weight excluding hydrogens is 334 g/mol. The number of hydrogen-bond acceptors (Lipinski definition) is 4. The second-order valence-corrected chi connectivity index (χ2v) is 5.34. The van der Waals surface area contributed by atoms with E-state index in [0.717, 1.165) is 11.3 Å². The Morgan fingerprint density at radius 1 is 1.35 bits per heavy atom. The molecule has 0 spiro atoms. The third kappa shape index (κ3) is 5.43. The average Bonchev–Trinajstić information content (AvgIpc) is 2.50. The van der Waals surface area contributed by atoms with Crippen LogP contribution in [-0.2, 0) is 0 Å². The lowest BCUT2D eigenvalue weighted by molar-refractivity contribution is 0.318. The van der Waals surface area contributed by atoms with Gasteiger partial charge < -0.3 is 15.2 Å². The first-order chi connectivity index (χ1) is 11.1. The van der Waals surface area contributed by atoms with E-state index in [1.807, 2.05) is 19.1 Å². The number of ether oxygens (including phenoxy) is 1. The van der Waals surface area contributed by atoms with E-state index in [1.165, 1.54) is 0 Å². The lowest BCUT2D eigenvalue weighted by atomic mass is 10.2. The molecule has 0 heterocycles. The molecule has 7 heteroatoms. The Morgan fingerprint density at radius 3 is 2.91 bits per heavy atom. The number of thiocarbonyl (C=S) groups is 1. The van der Waals surface area contributed by atoms with Gasteiger partial charge in [0.25, 0.3) is 0 Å². The Labute approximate surface area is 144 Å². The van der Waals surface area contributed by atoms with Crippen LogP contribution in [0.1, 0.15) is 12.5 Å². The summed E-state index contributed by atoms with van der Waals surface area (Å²) >= 11 is 11.0. The summed E-state index contributed by atoms with van der Waals surface area (Å²) in [7, 11) is 0. The molecule has 0 unspecified atom stereocenters. The van der Waals surface area contributed by atoms with Crippen LogP contribution < -0.4 is 15.5 Å². The number of rotatable bonds is 5.